The SMILES string of the molecule is COc1cc(Br)nc(S(C)(=N)=O)c1. The minimum Gasteiger partial charge on any atom is -0.497 e. The summed E-state index contributed by atoms with van der Waals surface area (Å²) in [5, 5.41) is 0.221. The molecular formula is C7H9BrN2O2S. The van der Waals surface area contributed by atoms with Crippen molar-refractivity contribution in [2.45, 2.75) is 5.03 Å². The Labute approximate surface area is 85.4 Å². The molecule has 0 aromatic carbocycles. The maximum absolute atomic E-state index is 11.3. The predicted molar refractivity (Wildman–Crippen MR) is 53.5 cm³/mol. The van der Waals surface area contributed by atoms with Gasteiger partial charge in [0.05, 0.1) is 16.8 Å². The molecule has 1 aromatic rings. The summed E-state index contributed by atoms with van der Waals surface area (Å²) in [7, 11) is -1.27. The van der Waals surface area contributed by atoms with Gasteiger partial charge in [-0.05, 0) is 15.9 Å². The monoisotopic (exact) mass is 264 g/mol. The Kier molecular flexibility index (Phi) is 2.92. The normalized spacial score (nSPS) is 15.0. The number of hydrogen-bond acceptors (Lipinski definition) is 4. The third kappa shape index (κ3) is 2.67. The first kappa shape index (κ1) is 10.5. The van der Waals surface area contributed by atoms with Crippen molar-refractivity contribution in [3.8, 4) is 5.75 Å². The molecule has 1 rings (SSSR count). The molecule has 4 nitrogen and oxygen atoms in total. The van der Waals surface area contributed by atoms with Crippen LogP contribution < -0.4 is 4.74 Å². The fourth-order valence-electron chi connectivity index (χ4n) is 0.768. The zero-order chi connectivity index (χ0) is 10.1. The first-order valence-corrected chi connectivity index (χ1v) is 6.15. The van der Waals surface area contributed by atoms with Crippen molar-refractivity contribution in [1.82, 2.24) is 4.98 Å². The molecule has 0 aliphatic rings. The van der Waals surface area contributed by atoms with E-state index in [4.69, 9.17) is 9.52 Å². The summed E-state index contributed by atoms with van der Waals surface area (Å²) in [5.74, 6) is 0.540. The second-order valence-electron chi connectivity index (χ2n) is 2.51. The van der Waals surface area contributed by atoms with Gasteiger partial charge in [0, 0.05) is 18.4 Å². The largest absolute Gasteiger partial charge is 0.497 e. The van der Waals surface area contributed by atoms with E-state index in [9.17, 15) is 4.21 Å². The molecule has 1 aromatic heterocycles. The highest BCUT2D eigenvalue weighted by atomic mass is 79.9. The molecular weight excluding hydrogens is 256 g/mol. The van der Waals surface area contributed by atoms with Crippen LogP contribution in [0.2, 0.25) is 0 Å². The van der Waals surface area contributed by atoms with E-state index >= 15 is 0 Å². The van der Waals surface area contributed by atoms with Crippen LogP contribution in [0.25, 0.3) is 0 Å². The molecule has 0 saturated carbocycles. The molecule has 0 spiro atoms. The van der Waals surface area contributed by atoms with Gasteiger partial charge in [0.15, 0.2) is 0 Å². The van der Waals surface area contributed by atoms with Gasteiger partial charge < -0.3 is 4.74 Å². The van der Waals surface area contributed by atoms with Crippen LogP contribution in [-0.4, -0.2) is 22.6 Å². The van der Waals surface area contributed by atoms with Crippen LogP contribution in [-0.2, 0) is 9.73 Å². The molecule has 13 heavy (non-hydrogen) atoms. The van der Waals surface area contributed by atoms with Gasteiger partial charge in [-0.15, -0.1) is 0 Å². The van der Waals surface area contributed by atoms with Gasteiger partial charge in [0.2, 0.25) is 0 Å². The van der Waals surface area contributed by atoms with Gasteiger partial charge in [-0.3, -0.25) is 0 Å². The molecule has 0 fully saturated rings. The topological polar surface area (TPSA) is 63.0 Å². The van der Waals surface area contributed by atoms with Crippen LogP contribution in [0, 0.1) is 4.78 Å². The maximum atomic E-state index is 11.3. The Morgan fingerprint density at radius 2 is 2.23 bits per heavy atom. The zero-order valence-electron chi connectivity index (χ0n) is 7.20. The highest BCUT2D eigenvalue weighted by molar-refractivity contribution is 9.10. The number of ether oxygens (including phenoxy) is 1. The van der Waals surface area contributed by atoms with Gasteiger partial charge in [-0.25, -0.2) is 14.0 Å². The summed E-state index contributed by atoms with van der Waals surface area (Å²) in [4.78, 5) is 3.93. The van der Waals surface area contributed by atoms with Crippen molar-refractivity contribution in [2.75, 3.05) is 13.4 Å². The number of halogens is 1. The molecule has 0 bridgehead atoms. The molecule has 0 aliphatic carbocycles. The molecule has 1 N–H and O–H groups in total. The molecule has 1 atom stereocenters. The lowest BCUT2D eigenvalue weighted by Gasteiger charge is -2.04. The third-order valence-electron chi connectivity index (χ3n) is 1.38. The Hall–Kier alpha value is -0.620. The summed E-state index contributed by atoms with van der Waals surface area (Å²) in [5.41, 5.74) is 0. The molecule has 0 radical (unpaired) electrons. The average molecular weight is 265 g/mol. The number of pyridine rings is 1. The first-order valence-electron chi connectivity index (χ1n) is 3.39. The number of rotatable bonds is 2. The Morgan fingerprint density at radius 1 is 1.62 bits per heavy atom. The Morgan fingerprint density at radius 3 is 2.69 bits per heavy atom. The van der Waals surface area contributed by atoms with Crippen LogP contribution in [0.1, 0.15) is 0 Å². The molecule has 1 unspecified atom stereocenters. The minimum absolute atomic E-state index is 0.221. The summed E-state index contributed by atoms with van der Waals surface area (Å²) >= 11 is 3.15. The molecule has 1 heterocycles. The van der Waals surface area contributed by atoms with Gasteiger partial charge in [0.1, 0.15) is 15.4 Å². The van der Waals surface area contributed by atoms with Crippen molar-refractivity contribution in [3.05, 3.63) is 16.7 Å². The van der Waals surface area contributed by atoms with E-state index in [0.717, 1.165) is 0 Å². The number of aromatic nitrogens is 1. The van der Waals surface area contributed by atoms with E-state index in [1.54, 1.807) is 6.07 Å². The van der Waals surface area contributed by atoms with Gasteiger partial charge in [0.25, 0.3) is 0 Å². The van der Waals surface area contributed by atoms with E-state index in [1.807, 2.05) is 0 Å². The maximum Gasteiger partial charge on any atom is 0.140 e. The Bertz CT molecular complexity index is 417. The molecule has 72 valence electrons. The highest BCUT2D eigenvalue weighted by Gasteiger charge is 2.08. The second-order valence-corrected chi connectivity index (χ2v) is 5.43. The number of methoxy groups -OCH3 is 1. The van der Waals surface area contributed by atoms with E-state index < -0.39 is 9.73 Å². The van der Waals surface area contributed by atoms with E-state index in [0.29, 0.717) is 10.4 Å². The minimum atomic E-state index is -2.78. The smallest absolute Gasteiger partial charge is 0.140 e. The van der Waals surface area contributed by atoms with E-state index in [2.05, 4.69) is 20.9 Å². The lowest BCUT2D eigenvalue weighted by atomic mass is 10.5. The van der Waals surface area contributed by atoms with Crippen molar-refractivity contribution in [1.29, 1.82) is 4.78 Å². The van der Waals surface area contributed by atoms with Crippen LogP contribution in [0.3, 0.4) is 0 Å². The van der Waals surface area contributed by atoms with Crippen molar-refractivity contribution < 1.29 is 8.95 Å². The van der Waals surface area contributed by atoms with Crippen molar-refractivity contribution in [2.24, 2.45) is 0 Å². The van der Waals surface area contributed by atoms with Crippen LogP contribution >= 0.6 is 15.9 Å². The van der Waals surface area contributed by atoms with Crippen LogP contribution in [0.4, 0.5) is 0 Å². The van der Waals surface area contributed by atoms with E-state index in [1.165, 1.54) is 19.4 Å². The standard InChI is InChI=1S/C7H9BrN2O2S/c1-12-5-3-6(8)10-7(4-5)13(2,9)11/h3-4,9H,1-2H3. The number of hydrogen-bond donors (Lipinski definition) is 1. The second kappa shape index (κ2) is 3.63. The number of nitrogens with zero attached hydrogens (tertiary/aromatic N) is 1. The lowest BCUT2D eigenvalue weighted by molar-refractivity contribution is 0.412. The summed E-state index contributed by atoms with van der Waals surface area (Å²) in [6, 6.07) is 3.15. The van der Waals surface area contributed by atoms with Crippen LogP contribution in [0.15, 0.2) is 21.8 Å². The molecule has 0 amide bonds. The van der Waals surface area contributed by atoms with Gasteiger partial charge in [-0.2, -0.15) is 0 Å². The highest BCUT2D eigenvalue weighted by Crippen LogP contribution is 2.20. The molecule has 0 saturated heterocycles. The zero-order valence-corrected chi connectivity index (χ0v) is 9.61. The first-order chi connectivity index (χ1) is 5.93. The summed E-state index contributed by atoms with van der Waals surface area (Å²) in [6.07, 6.45) is 1.32. The molecule has 6 heteroatoms. The molecule has 0 aliphatic heterocycles. The van der Waals surface area contributed by atoms with E-state index in [-0.39, 0.29) is 5.03 Å². The van der Waals surface area contributed by atoms with Gasteiger partial charge >= 0.3 is 0 Å². The number of nitrogens with one attached hydrogen (secondary N) is 1. The average Bonchev–Trinajstić information content (AvgIpc) is 2.01. The third-order valence-corrected chi connectivity index (χ3v) is 2.79. The summed E-state index contributed by atoms with van der Waals surface area (Å²) in [6.45, 7) is 0. The lowest BCUT2D eigenvalue weighted by Crippen LogP contribution is -1.99. The summed E-state index contributed by atoms with van der Waals surface area (Å²) < 4.78 is 24.1. The Balaban J connectivity index is 3.33. The van der Waals surface area contributed by atoms with Gasteiger partial charge in [-0.1, -0.05) is 0 Å². The van der Waals surface area contributed by atoms with Crippen molar-refractivity contribution >= 4 is 25.7 Å². The quantitative estimate of drug-likeness (QED) is 0.830. The van der Waals surface area contributed by atoms with Crippen LogP contribution in [0.5, 0.6) is 5.75 Å². The van der Waals surface area contributed by atoms with Crippen molar-refractivity contribution in [3.63, 3.8) is 0 Å². The fraction of sp³-hybridized carbons (Fsp3) is 0.286. The predicted octanol–water partition coefficient (Wildman–Crippen LogP) is 1.89. The fourth-order valence-corrected chi connectivity index (χ4v) is 1.92.